The highest BCUT2D eigenvalue weighted by molar-refractivity contribution is 5.75. The molecule has 4 heteroatoms. The molecule has 1 rings (SSSR count). The normalized spacial score (nSPS) is 18.6. The predicted molar refractivity (Wildman–Crippen MR) is 66.1 cm³/mol. The number of hydrogen-bond acceptors (Lipinski definition) is 3. The first kappa shape index (κ1) is 13.5. The molecule has 3 N–H and O–H groups in total. The Labute approximate surface area is 98.6 Å². The minimum atomic E-state index is 0.135. The third kappa shape index (κ3) is 5.47. The molecule has 0 unspecified atom stereocenters. The highest BCUT2D eigenvalue weighted by atomic mass is 16.1. The number of nitrogens with two attached hydrogens (primary N) is 1. The van der Waals surface area contributed by atoms with Gasteiger partial charge in [-0.15, -0.1) is 0 Å². The number of carbonyl (C=O) groups excluding carboxylic acids is 1. The molecule has 0 aromatic rings. The molecular formula is C12H25N3O. The van der Waals surface area contributed by atoms with Gasteiger partial charge in [-0.25, -0.2) is 0 Å². The van der Waals surface area contributed by atoms with Crippen molar-refractivity contribution in [1.29, 1.82) is 0 Å². The third-order valence-electron chi connectivity index (χ3n) is 3.23. The average molecular weight is 227 g/mol. The first-order valence-electron chi connectivity index (χ1n) is 6.41. The van der Waals surface area contributed by atoms with Gasteiger partial charge in [0.25, 0.3) is 0 Å². The second kappa shape index (κ2) is 7.63. The zero-order valence-electron chi connectivity index (χ0n) is 10.4. The van der Waals surface area contributed by atoms with E-state index in [1.165, 1.54) is 25.9 Å². The predicted octanol–water partition coefficient (Wildman–Crippen LogP) is 0.573. The van der Waals surface area contributed by atoms with E-state index in [9.17, 15) is 4.79 Å². The topological polar surface area (TPSA) is 58.4 Å². The van der Waals surface area contributed by atoms with Crippen LogP contribution < -0.4 is 11.1 Å². The van der Waals surface area contributed by atoms with E-state index in [-0.39, 0.29) is 5.91 Å². The Morgan fingerprint density at radius 1 is 1.44 bits per heavy atom. The summed E-state index contributed by atoms with van der Waals surface area (Å²) in [5.41, 5.74) is 5.35. The zero-order chi connectivity index (χ0) is 11.8. The Morgan fingerprint density at radius 2 is 2.12 bits per heavy atom. The lowest BCUT2D eigenvalue weighted by atomic mass is 9.99. The van der Waals surface area contributed by atoms with Crippen molar-refractivity contribution >= 4 is 5.91 Å². The van der Waals surface area contributed by atoms with Crippen molar-refractivity contribution in [1.82, 2.24) is 10.2 Å². The number of likely N-dealkylation sites (tertiary alicyclic amines) is 1. The minimum Gasteiger partial charge on any atom is -0.355 e. The Kier molecular flexibility index (Phi) is 6.42. The molecular weight excluding hydrogens is 202 g/mol. The van der Waals surface area contributed by atoms with Gasteiger partial charge in [0.1, 0.15) is 0 Å². The first-order valence-corrected chi connectivity index (χ1v) is 6.41. The SMILES string of the molecule is CC1CCN(CCNC(=O)CCCN)CC1. The van der Waals surface area contributed by atoms with Crippen molar-refractivity contribution in [3.8, 4) is 0 Å². The molecule has 1 aliphatic heterocycles. The van der Waals surface area contributed by atoms with Gasteiger partial charge < -0.3 is 16.0 Å². The molecule has 0 aromatic heterocycles. The van der Waals surface area contributed by atoms with Gasteiger partial charge >= 0.3 is 0 Å². The largest absolute Gasteiger partial charge is 0.355 e. The van der Waals surface area contributed by atoms with E-state index < -0.39 is 0 Å². The van der Waals surface area contributed by atoms with E-state index in [1.807, 2.05) is 0 Å². The number of hydrogen-bond donors (Lipinski definition) is 2. The molecule has 0 aromatic carbocycles. The van der Waals surface area contributed by atoms with Gasteiger partial charge in [0.2, 0.25) is 5.91 Å². The van der Waals surface area contributed by atoms with Crippen molar-refractivity contribution in [2.75, 3.05) is 32.7 Å². The Bertz CT molecular complexity index is 200. The Balaban J connectivity index is 2.00. The van der Waals surface area contributed by atoms with Gasteiger partial charge in [0.05, 0.1) is 0 Å². The van der Waals surface area contributed by atoms with Gasteiger partial charge in [-0.2, -0.15) is 0 Å². The van der Waals surface area contributed by atoms with Crippen molar-refractivity contribution in [2.24, 2.45) is 11.7 Å². The maximum Gasteiger partial charge on any atom is 0.220 e. The standard InChI is InChI=1S/C12H25N3O/c1-11-4-8-15(9-5-11)10-7-14-12(16)3-2-6-13/h11H,2-10,13H2,1H3,(H,14,16). The summed E-state index contributed by atoms with van der Waals surface area (Å²) in [6.07, 6.45) is 3.93. The van der Waals surface area contributed by atoms with Crippen LogP contribution in [0.25, 0.3) is 0 Å². The lowest BCUT2D eigenvalue weighted by molar-refractivity contribution is -0.121. The van der Waals surface area contributed by atoms with Crippen LogP contribution >= 0.6 is 0 Å². The number of nitrogens with one attached hydrogen (secondary N) is 1. The lowest BCUT2D eigenvalue weighted by Gasteiger charge is -2.30. The van der Waals surface area contributed by atoms with Crippen LogP contribution in [0.3, 0.4) is 0 Å². The first-order chi connectivity index (χ1) is 7.72. The van der Waals surface area contributed by atoms with Crippen LogP contribution in [0, 0.1) is 5.92 Å². The summed E-state index contributed by atoms with van der Waals surface area (Å²) >= 11 is 0. The monoisotopic (exact) mass is 227 g/mol. The number of rotatable bonds is 6. The fourth-order valence-electron chi connectivity index (χ4n) is 1.99. The molecule has 1 saturated heterocycles. The van der Waals surface area contributed by atoms with E-state index in [0.29, 0.717) is 13.0 Å². The number of piperidine rings is 1. The van der Waals surface area contributed by atoms with E-state index >= 15 is 0 Å². The van der Waals surface area contributed by atoms with Gasteiger partial charge in [0.15, 0.2) is 0 Å². The molecule has 0 aliphatic carbocycles. The van der Waals surface area contributed by atoms with E-state index in [1.54, 1.807) is 0 Å². The van der Waals surface area contributed by atoms with Crippen LogP contribution in [-0.2, 0) is 4.79 Å². The summed E-state index contributed by atoms with van der Waals surface area (Å²) in [6, 6.07) is 0. The fraction of sp³-hybridized carbons (Fsp3) is 0.917. The maximum absolute atomic E-state index is 11.3. The molecule has 1 aliphatic rings. The summed E-state index contributed by atoms with van der Waals surface area (Å²) in [5.74, 6) is 1.01. The smallest absolute Gasteiger partial charge is 0.220 e. The molecule has 1 amide bonds. The molecule has 94 valence electrons. The van der Waals surface area contributed by atoms with Gasteiger partial charge in [0, 0.05) is 19.5 Å². The van der Waals surface area contributed by atoms with Crippen LogP contribution in [0.5, 0.6) is 0 Å². The maximum atomic E-state index is 11.3. The molecule has 0 spiro atoms. The van der Waals surface area contributed by atoms with Crippen LogP contribution in [0.4, 0.5) is 0 Å². The summed E-state index contributed by atoms with van der Waals surface area (Å²) in [7, 11) is 0. The molecule has 0 saturated carbocycles. The zero-order valence-corrected chi connectivity index (χ0v) is 10.4. The van der Waals surface area contributed by atoms with Crippen LogP contribution in [0.2, 0.25) is 0 Å². The summed E-state index contributed by atoms with van der Waals surface area (Å²) in [5, 5.41) is 2.94. The van der Waals surface area contributed by atoms with E-state index in [2.05, 4.69) is 17.1 Å². The van der Waals surface area contributed by atoms with Gasteiger partial charge in [-0.1, -0.05) is 6.92 Å². The second-order valence-corrected chi connectivity index (χ2v) is 4.77. The molecule has 16 heavy (non-hydrogen) atoms. The Hall–Kier alpha value is -0.610. The second-order valence-electron chi connectivity index (χ2n) is 4.77. The summed E-state index contributed by atoms with van der Waals surface area (Å²) in [4.78, 5) is 13.7. The highest BCUT2D eigenvalue weighted by Gasteiger charge is 2.14. The molecule has 1 heterocycles. The number of amides is 1. The molecule has 1 fully saturated rings. The van der Waals surface area contributed by atoms with Crippen molar-refractivity contribution in [3.05, 3.63) is 0 Å². The van der Waals surface area contributed by atoms with Crippen LogP contribution in [0.15, 0.2) is 0 Å². The lowest BCUT2D eigenvalue weighted by Crippen LogP contribution is -2.39. The van der Waals surface area contributed by atoms with Crippen LogP contribution in [-0.4, -0.2) is 43.5 Å². The third-order valence-corrected chi connectivity index (χ3v) is 3.23. The number of carbonyl (C=O) groups is 1. The van der Waals surface area contributed by atoms with Gasteiger partial charge in [-0.05, 0) is 44.8 Å². The minimum absolute atomic E-state index is 0.135. The van der Waals surface area contributed by atoms with Crippen molar-refractivity contribution < 1.29 is 4.79 Å². The molecule has 0 bridgehead atoms. The number of nitrogens with zero attached hydrogens (tertiary/aromatic N) is 1. The van der Waals surface area contributed by atoms with Crippen molar-refractivity contribution in [3.63, 3.8) is 0 Å². The molecule has 0 atom stereocenters. The highest BCUT2D eigenvalue weighted by Crippen LogP contribution is 2.14. The average Bonchev–Trinajstić information content (AvgIpc) is 2.29. The van der Waals surface area contributed by atoms with Crippen molar-refractivity contribution in [2.45, 2.75) is 32.6 Å². The quantitative estimate of drug-likeness (QED) is 0.697. The molecule has 4 nitrogen and oxygen atoms in total. The van der Waals surface area contributed by atoms with Gasteiger partial charge in [-0.3, -0.25) is 4.79 Å². The summed E-state index contributed by atoms with van der Waals surface area (Å²) < 4.78 is 0. The van der Waals surface area contributed by atoms with E-state index in [4.69, 9.17) is 5.73 Å². The Morgan fingerprint density at radius 3 is 2.75 bits per heavy atom. The summed E-state index contributed by atoms with van der Waals surface area (Å²) in [6.45, 7) is 7.03. The van der Waals surface area contributed by atoms with E-state index in [0.717, 1.165) is 25.4 Å². The molecule has 0 radical (unpaired) electrons. The fourth-order valence-corrected chi connectivity index (χ4v) is 1.99. The van der Waals surface area contributed by atoms with Crippen LogP contribution in [0.1, 0.15) is 32.6 Å².